The van der Waals surface area contributed by atoms with Crippen LogP contribution < -0.4 is 4.90 Å². The average Bonchev–Trinajstić information content (AvgIpc) is 3.37. The van der Waals surface area contributed by atoms with Gasteiger partial charge in [0.05, 0.1) is 11.4 Å². The van der Waals surface area contributed by atoms with Crippen molar-refractivity contribution in [3.8, 4) is 0 Å². The molecule has 27 heavy (non-hydrogen) atoms. The standard InChI is InChI=1S/C16H20N8.C2H6O/c1-11-10-17-12(2)15-18-13(20-24(11)15)6-7-14-19-16(21-22(14)3)23-8-4-5-9-23;1-3-2/h6-7,10H,4-5,8-9H2,1-3H3;1-2H3/b7-6+;. The lowest BCUT2D eigenvalue weighted by Gasteiger charge is -2.10. The first-order valence-corrected chi connectivity index (χ1v) is 8.96. The Hall–Kier alpha value is -2.81. The number of anilines is 1. The Morgan fingerprint density at radius 2 is 1.74 bits per heavy atom. The van der Waals surface area contributed by atoms with Gasteiger partial charge in [0.1, 0.15) is 0 Å². The molecule has 4 rings (SSSR count). The van der Waals surface area contributed by atoms with Crippen molar-refractivity contribution in [2.75, 3.05) is 32.2 Å². The molecule has 144 valence electrons. The van der Waals surface area contributed by atoms with Gasteiger partial charge in [0.2, 0.25) is 5.95 Å². The highest BCUT2D eigenvalue weighted by Gasteiger charge is 2.17. The van der Waals surface area contributed by atoms with Crippen LogP contribution in [0, 0.1) is 13.8 Å². The van der Waals surface area contributed by atoms with Gasteiger partial charge < -0.3 is 9.64 Å². The minimum Gasteiger partial charge on any atom is -0.388 e. The van der Waals surface area contributed by atoms with Crippen molar-refractivity contribution >= 4 is 23.7 Å². The van der Waals surface area contributed by atoms with Crippen molar-refractivity contribution in [1.82, 2.24) is 34.3 Å². The molecule has 0 saturated carbocycles. The number of methoxy groups -OCH3 is 1. The van der Waals surface area contributed by atoms with Crippen LogP contribution in [0.15, 0.2) is 6.20 Å². The average molecular weight is 370 g/mol. The lowest BCUT2D eigenvalue weighted by molar-refractivity contribution is 0.277. The van der Waals surface area contributed by atoms with Crippen molar-refractivity contribution in [2.45, 2.75) is 26.7 Å². The topological polar surface area (TPSA) is 86.3 Å². The van der Waals surface area contributed by atoms with E-state index in [1.165, 1.54) is 12.8 Å². The molecule has 0 N–H and O–H groups in total. The number of nitrogens with zero attached hydrogens (tertiary/aromatic N) is 8. The maximum Gasteiger partial charge on any atom is 0.245 e. The van der Waals surface area contributed by atoms with E-state index in [1.807, 2.05) is 37.6 Å². The Morgan fingerprint density at radius 3 is 2.41 bits per heavy atom. The van der Waals surface area contributed by atoms with Crippen molar-refractivity contribution in [1.29, 1.82) is 0 Å². The molecule has 9 heteroatoms. The van der Waals surface area contributed by atoms with Crippen LogP contribution in [0.4, 0.5) is 5.95 Å². The molecule has 0 radical (unpaired) electrons. The first kappa shape index (κ1) is 19.0. The van der Waals surface area contributed by atoms with Gasteiger partial charge in [-0.25, -0.2) is 14.2 Å². The summed E-state index contributed by atoms with van der Waals surface area (Å²) in [7, 11) is 5.15. The number of hydrogen-bond donors (Lipinski definition) is 0. The van der Waals surface area contributed by atoms with E-state index in [-0.39, 0.29) is 0 Å². The van der Waals surface area contributed by atoms with Crippen LogP contribution in [0.1, 0.15) is 35.9 Å². The van der Waals surface area contributed by atoms with Crippen LogP contribution in [-0.2, 0) is 11.8 Å². The molecule has 1 fully saturated rings. The summed E-state index contributed by atoms with van der Waals surface area (Å²) < 4.78 is 7.85. The monoisotopic (exact) mass is 370 g/mol. The van der Waals surface area contributed by atoms with Crippen LogP contribution in [0.3, 0.4) is 0 Å². The Morgan fingerprint density at radius 1 is 1.04 bits per heavy atom. The maximum atomic E-state index is 4.61. The first-order chi connectivity index (χ1) is 13.0. The predicted octanol–water partition coefficient (Wildman–Crippen LogP) is 1.90. The quantitative estimate of drug-likeness (QED) is 0.696. The fourth-order valence-corrected chi connectivity index (χ4v) is 2.91. The summed E-state index contributed by atoms with van der Waals surface area (Å²) in [6, 6.07) is 0. The summed E-state index contributed by atoms with van der Waals surface area (Å²) >= 11 is 0. The third kappa shape index (κ3) is 4.13. The fourth-order valence-electron chi connectivity index (χ4n) is 2.91. The molecule has 0 atom stereocenters. The molecule has 3 aromatic heterocycles. The van der Waals surface area contributed by atoms with Crippen molar-refractivity contribution in [2.24, 2.45) is 7.05 Å². The SMILES string of the molecule is COC.Cc1ncc(C)n2nc(/C=C/c3nc(N4CCCC4)nn3C)nc12. The smallest absolute Gasteiger partial charge is 0.245 e. The minimum absolute atomic E-state index is 0.639. The first-order valence-electron chi connectivity index (χ1n) is 8.96. The van der Waals surface area contributed by atoms with Gasteiger partial charge in [-0.1, -0.05) is 0 Å². The number of fused-ring (bicyclic) bond motifs is 1. The second-order valence-electron chi connectivity index (χ2n) is 6.52. The Kier molecular flexibility index (Phi) is 5.80. The van der Waals surface area contributed by atoms with Crippen LogP contribution in [0.25, 0.3) is 17.8 Å². The second-order valence-corrected chi connectivity index (χ2v) is 6.52. The summed E-state index contributed by atoms with van der Waals surface area (Å²) in [5.74, 6) is 2.23. The number of aromatic nitrogens is 7. The zero-order chi connectivity index (χ0) is 19.4. The van der Waals surface area contributed by atoms with Crippen molar-refractivity contribution in [3.05, 3.63) is 29.2 Å². The lowest BCUT2D eigenvalue weighted by Crippen LogP contribution is -2.19. The van der Waals surface area contributed by atoms with Crippen LogP contribution in [0.2, 0.25) is 0 Å². The Bertz CT molecular complexity index is 897. The van der Waals surface area contributed by atoms with E-state index >= 15 is 0 Å². The molecule has 0 aliphatic carbocycles. The highest BCUT2D eigenvalue weighted by Crippen LogP contribution is 2.17. The van der Waals surface area contributed by atoms with Gasteiger partial charge in [-0.15, -0.1) is 10.2 Å². The minimum atomic E-state index is 0.639. The van der Waals surface area contributed by atoms with Crippen molar-refractivity contribution in [3.63, 3.8) is 0 Å². The normalized spacial score (nSPS) is 14.2. The number of hydrogen-bond acceptors (Lipinski definition) is 7. The summed E-state index contributed by atoms with van der Waals surface area (Å²) in [6.07, 6.45) is 7.99. The van der Waals surface area contributed by atoms with Gasteiger partial charge in [-0.2, -0.15) is 4.98 Å². The van der Waals surface area contributed by atoms with Gasteiger partial charge in [0.25, 0.3) is 0 Å². The summed E-state index contributed by atoms with van der Waals surface area (Å²) in [4.78, 5) is 15.7. The van der Waals surface area contributed by atoms with Gasteiger partial charge in [0, 0.05) is 40.6 Å². The summed E-state index contributed by atoms with van der Waals surface area (Å²) in [5, 5.41) is 9.01. The Balaban J connectivity index is 0.000000659. The predicted molar refractivity (Wildman–Crippen MR) is 105 cm³/mol. The maximum absolute atomic E-state index is 4.61. The molecule has 0 bridgehead atoms. The Labute approximate surface area is 158 Å². The molecule has 0 spiro atoms. The molecular weight excluding hydrogens is 344 g/mol. The van der Waals surface area contributed by atoms with Gasteiger partial charge in [0.15, 0.2) is 17.3 Å². The molecule has 9 nitrogen and oxygen atoms in total. The van der Waals surface area contributed by atoms with Crippen molar-refractivity contribution < 1.29 is 4.74 Å². The highest BCUT2D eigenvalue weighted by atomic mass is 16.4. The van der Waals surface area contributed by atoms with Crippen LogP contribution >= 0.6 is 0 Å². The highest BCUT2D eigenvalue weighted by molar-refractivity contribution is 5.65. The van der Waals surface area contributed by atoms with E-state index in [0.717, 1.165) is 41.9 Å². The zero-order valence-corrected chi connectivity index (χ0v) is 16.5. The van der Waals surface area contributed by atoms with Gasteiger partial charge >= 0.3 is 0 Å². The van der Waals surface area contributed by atoms with Crippen LogP contribution in [0.5, 0.6) is 0 Å². The van der Waals surface area contributed by atoms with Gasteiger partial charge in [-0.05, 0) is 38.8 Å². The van der Waals surface area contributed by atoms with Crippen LogP contribution in [-0.4, -0.2) is 61.7 Å². The molecule has 0 unspecified atom stereocenters. The second kappa shape index (κ2) is 8.26. The number of aryl methyl sites for hydroxylation is 3. The third-order valence-corrected chi connectivity index (χ3v) is 4.28. The zero-order valence-electron chi connectivity index (χ0n) is 16.5. The molecule has 4 heterocycles. The molecule has 1 aliphatic rings. The number of rotatable bonds is 3. The largest absolute Gasteiger partial charge is 0.388 e. The fraction of sp³-hybridized carbons (Fsp3) is 0.500. The molecule has 3 aromatic rings. The molecule has 0 aromatic carbocycles. The third-order valence-electron chi connectivity index (χ3n) is 4.28. The molecule has 0 amide bonds. The van der Waals surface area contributed by atoms with E-state index in [4.69, 9.17) is 0 Å². The number of ether oxygens (including phenoxy) is 1. The molecular formula is C18H26N8O. The van der Waals surface area contributed by atoms with Gasteiger partial charge in [-0.3, -0.25) is 4.98 Å². The van der Waals surface area contributed by atoms with E-state index in [1.54, 1.807) is 25.1 Å². The molecule has 1 aliphatic heterocycles. The van der Waals surface area contributed by atoms with E-state index in [0.29, 0.717) is 5.82 Å². The van der Waals surface area contributed by atoms with E-state index in [2.05, 4.69) is 34.8 Å². The summed E-state index contributed by atoms with van der Waals surface area (Å²) in [5.41, 5.74) is 2.60. The summed E-state index contributed by atoms with van der Waals surface area (Å²) in [6.45, 7) is 5.97. The lowest BCUT2D eigenvalue weighted by atomic mass is 10.4. The molecule has 1 saturated heterocycles. The van der Waals surface area contributed by atoms with E-state index in [9.17, 15) is 0 Å². The van der Waals surface area contributed by atoms with E-state index < -0.39 is 0 Å².